The van der Waals surface area contributed by atoms with Gasteiger partial charge in [-0.15, -0.1) is 12.4 Å². The first kappa shape index (κ1) is 20.7. The molecule has 1 atom stereocenters. The van der Waals surface area contributed by atoms with Crippen LogP contribution in [0.4, 0.5) is 5.69 Å². The molecule has 0 saturated carbocycles. The van der Waals surface area contributed by atoms with E-state index < -0.39 is 4.92 Å². The summed E-state index contributed by atoms with van der Waals surface area (Å²) in [5, 5.41) is 10.7. The average molecular weight is 387 g/mol. The van der Waals surface area contributed by atoms with E-state index in [-0.39, 0.29) is 18.1 Å². The van der Waals surface area contributed by atoms with E-state index in [0.717, 1.165) is 23.5 Å². The molecule has 1 unspecified atom stereocenters. The third-order valence-corrected chi connectivity index (χ3v) is 4.56. The minimum Gasteiger partial charge on any atom is -0.460 e. The fourth-order valence-electron chi connectivity index (χ4n) is 2.88. The molecule has 1 heterocycles. The van der Waals surface area contributed by atoms with Crippen molar-refractivity contribution in [2.45, 2.75) is 25.9 Å². The summed E-state index contributed by atoms with van der Waals surface area (Å²) in [7, 11) is 2.08. The zero-order chi connectivity index (χ0) is 18.5. The van der Waals surface area contributed by atoms with Gasteiger partial charge < -0.3 is 4.42 Å². The Morgan fingerprint density at radius 1 is 1.04 bits per heavy atom. The van der Waals surface area contributed by atoms with Crippen molar-refractivity contribution < 1.29 is 9.34 Å². The van der Waals surface area contributed by atoms with Gasteiger partial charge in [-0.3, -0.25) is 15.0 Å². The summed E-state index contributed by atoms with van der Waals surface area (Å²) in [5.74, 6) is 1.60. The first-order valence-corrected chi connectivity index (χ1v) is 8.60. The van der Waals surface area contributed by atoms with Crippen molar-refractivity contribution in [2.75, 3.05) is 7.05 Å². The maximum Gasteiger partial charge on any atom is 0.269 e. The molecule has 0 aliphatic heterocycles. The minimum absolute atomic E-state index is 0. The number of furan rings is 1. The van der Waals surface area contributed by atoms with E-state index in [1.165, 1.54) is 17.7 Å². The first-order chi connectivity index (χ1) is 12.5. The second kappa shape index (κ2) is 9.35. The number of nitrogens with zero attached hydrogens (tertiary/aromatic N) is 2. The number of likely N-dealkylation sites (N-methyl/N-ethyl adjacent to an activating group) is 1. The summed E-state index contributed by atoms with van der Waals surface area (Å²) in [6.07, 6.45) is 0.979. The van der Waals surface area contributed by atoms with Gasteiger partial charge in [-0.05, 0) is 50.2 Å². The molecule has 2 aromatic carbocycles. The molecular formula is C21H23ClN2O3. The molecule has 142 valence electrons. The Morgan fingerprint density at radius 3 is 2.33 bits per heavy atom. The van der Waals surface area contributed by atoms with Crippen LogP contribution in [0.1, 0.15) is 18.2 Å². The predicted molar refractivity (Wildman–Crippen MR) is 109 cm³/mol. The van der Waals surface area contributed by atoms with Crippen LogP contribution >= 0.6 is 12.4 Å². The van der Waals surface area contributed by atoms with Crippen LogP contribution in [0.15, 0.2) is 71.1 Å². The molecule has 0 radical (unpaired) electrons. The molecule has 6 heteroatoms. The second-order valence-electron chi connectivity index (χ2n) is 6.52. The molecular weight excluding hydrogens is 364 g/mol. The van der Waals surface area contributed by atoms with Gasteiger partial charge >= 0.3 is 0 Å². The quantitative estimate of drug-likeness (QED) is 0.406. The Kier molecular flexibility index (Phi) is 7.16. The van der Waals surface area contributed by atoms with E-state index in [0.29, 0.717) is 12.6 Å². The molecule has 0 fully saturated rings. The van der Waals surface area contributed by atoms with Crippen LogP contribution in [0.2, 0.25) is 0 Å². The maximum atomic E-state index is 10.7. The number of nitro benzene ring substituents is 1. The van der Waals surface area contributed by atoms with E-state index in [2.05, 4.69) is 43.1 Å². The lowest BCUT2D eigenvalue weighted by atomic mass is 10.1. The van der Waals surface area contributed by atoms with Crippen molar-refractivity contribution in [2.24, 2.45) is 0 Å². The third kappa shape index (κ3) is 5.42. The highest BCUT2D eigenvalue weighted by Gasteiger charge is 2.14. The molecule has 0 bridgehead atoms. The molecule has 5 nitrogen and oxygen atoms in total. The van der Waals surface area contributed by atoms with E-state index >= 15 is 0 Å². The fraction of sp³-hybridized carbons (Fsp3) is 0.238. The summed E-state index contributed by atoms with van der Waals surface area (Å²) >= 11 is 0. The number of hydrogen-bond acceptors (Lipinski definition) is 4. The zero-order valence-corrected chi connectivity index (χ0v) is 16.2. The molecule has 0 spiro atoms. The Bertz CT molecular complexity index is 863. The summed E-state index contributed by atoms with van der Waals surface area (Å²) in [6, 6.07) is 21.1. The Labute approximate surface area is 165 Å². The molecule has 3 rings (SSSR count). The smallest absolute Gasteiger partial charge is 0.269 e. The molecule has 0 aliphatic carbocycles. The molecule has 1 aromatic heterocycles. The normalized spacial score (nSPS) is 11.8. The molecule has 0 N–H and O–H groups in total. The van der Waals surface area contributed by atoms with Crippen LogP contribution in [-0.4, -0.2) is 22.9 Å². The van der Waals surface area contributed by atoms with Gasteiger partial charge in [-0.2, -0.15) is 0 Å². The lowest BCUT2D eigenvalue weighted by molar-refractivity contribution is -0.384. The third-order valence-electron chi connectivity index (χ3n) is 4.56. The van der Waals surface area contributed by atoms with Gasteiger partial charge in [-0.25, -0.2) is 0 Å². The van der Waals surface area contributed by atoms with Gasteiger partial charge in [0.15, 0.2) is 0 Å². The van der Waals surface area contributed by atoms with Crippen LogP contribution in [0.3, 0.4) is 0 Å². The monoisotopic (exact) mass is 386 g/mol. The summed E-state index contributed by atoms with van der Waals surface area (Å²) in [4.78, 5) is 12.6. The van der Waals surface area contributed by atoms with Gasteiger partial charge in [0, 0.05) is 23.7 Å². The minimum atomic E-state index is -0.402. The summed E-state index contributed by atoms with van der Waals surface area (Å²) < 4.78 is 5.93. The van der Waals surface area contributed by atoms with Crippen molar-refractivity contribution in [3.05, 3.63) is 88.2 Å². The van der Waals surface area contributed by atoms with Crippen LogP contribution in [0, 0.1) is 10.1 Å². The molecule has 0 saturated heterocycles. The van der Waals surface area contributed by atoms with E-state index in [1.54, 1.807) is 12.1 Å². The van der Waals surface area contributed by atoms with E-state index in [1.807, 2.05) is 18.2 Å². The predicted octanol–water partition coefficient (Wildman–Crippen LogP) is 5.34. The van der Waals surface area contributed by atoms with E-state index in [4.69, 9.17) is 4.42 Å². The largest absolute Gasteiger partial charge is 0.460 e. The van der Waals surface area contributed by atoms with Crippen LogP contribution < -0.4 is 0 Å². The van der Waals surface area contributed by atoms with Crippen molar-refractivity contribution in [1.82, 2.24) is 4.90 Å². The molecule has 0 aliphatic rings. The lowest BCUT2D eigenvalue weighted by Gasteiger charge is -2.23. The van der Waals surface area contributed by atoms with Crippen molar-refractivity contribution >= 4 is 18.1 Å². The average Bonchev–Trinajstić information content (AvgIpc) is 3.11. The van der Waals surface area contributed by atoms with Crippen molar-refractivity contribution in [3.63, 3.8) is 0 Å². The topological polar surface area (TPSA) is 59.5 Å². The number of halogens is 1. The van der Waals surface area contributed by atoms with E-state index in [9.17, 15) is 10.1 Å². The fourth-order valence-corrected chi connectivity index (χ4v) is 2.88. The number of hydrogen-bond donors (Lipinski definition) is 0. The van der Waals surface area contributed by atoms with Crippen molar-refractivity contribution in [1.29, 1.82) is 0 Å². The van der Waals surface area contributed by atoms with Gasteiger partial charge in [0.25, 0.3) is 5.69 Å². The second-order valence-corrected chi connectivity index (χ2v) is 6.52. The van der Waals surface area contributed by atoms with Gasteiger partial charge in [-0.1, -0.05) is 30.3 Å². The highest BCUT2D eigenvalue weighted by molar-refractivity contribution is 5.85. The SMILES string of the molecule is CC(Cc1ccccc1)N(C)Cc1ccc(-c2ccc([N+](=O)[O-])cc2)o1.Cl. The Balaban J connectivity index is 0.00000261. The molecule has 3 aromatic rings. The Hall–Kier alpha value is -2.63. The molecule has 0 amide bonds. The van der Waals surface area contributed by atoms with Gasteiger partial charge in [0.2, 0.25) is 0 Å². The lowest BCUT2D eigenvalue weighted by Crippen LogP contribution is -2.30. The van der Waals surface area contributed by atoms with Crippen LogP contribution in [0.5, 0.6) is 0 Å². The maximum absolute atomic E-state index is 10.7. The van der Waals surface area contributed by atoms with Gasteiger partial charge in [0.1, 0.15) is 11.5 Å². The number of nitro groups is 1. The van der Waals surface area contributed by atoms with Crippen molar-refractivity contribution in [3.8, 4) is 11.3 Å². The van der Waals surface area contributed by atoms with Crippen LogP contribution in [-0.2, 0) is 13.0 Å². The highest BCUT2D eigenvalue weighted by atomic mass is 35.5. The number of non-ortho nitro benzene ring substituents is 1. The number of rotatable bonds is 7. The zero-order valence-electron chi connectivity index (χ0n) is 15.4. The first-order valence-electron chi connectivity index (χ1n) is 8.60. The van der Waals surface area contributed by atoms with Gasteiger partial charge in [0.05, 0.1) is 11.5 Å². The molecule has 27 heavy (non-hydrogen) atoms. The summed E-state index contributed by atoms with van der Waals surface area (Å²) in [6.45, 7) is 2.91. The summed E-state index contributed by atoms with van der Waals surface area (Å²) in [5.41, 5.74) is 2.23. The number of benzene rings is 2. The Morgan fingerprint density at radius 2 is 1.70 bits per heavy atom. The standard InChI is InChI=1S/C21H22N2O3.ClH/c1-16(14-17-6-4-3-5-7-17)22(2)15-20-12-13-21(26-20)18-8-10-19(11-9-18)23(24)25;/h3-13,16H,14-15H2,1-2H3;1H. The highest BCUT2D eigenvalue weighted by Crippen LogP contribution is 2.25. The van der Waals surface area contributed by atoms with Crippen LogP contribution in [0.25, 0.3) is 11.3 Å².